The first-order valence-corrected chi connectivity index (χ1v) is 11.2. The molecule has 2 aromatic carbocycles. The number of methoxy groups -OCH3 is 2. The van der Waals surface area contributed by atoms with Crippen LogP contribution in [0.5, 0.6) is 11.5 Å². The van der Waals surface area contributed by atoms with Gasteiger partial charge in [0.25, 0.3) is 0 Å². The first-order chi connectivity index (χ1) is 15.2. The Hall–Kier alpha value is -2.57. The van der Waals surface area contributed by atoms with Gasteiger partial charge in [-0.15, -0.1) is 0 Å². The fraction of sp³-hybridized carbons (Fsp3) is 0.480. The molecule has 1 amide bonds. The minimum Gasteiger partial charge on any atom is -0.497 e. The molecular weight excluding hydrogens is 390 g/mol. The molecule has 6 nitrogen and oxygen atoms in total. The van der Waals surface area contributed by atoms with Gasteiger partial charge in [-0.25, -0.2) is 0 Å². The number of hydrogen-bond donors (Lipinski definition) is 1. The van der Waals surface area contributed by atoms with E-state index in [1.165, 1.54) is 25.9 Å². The number of benzene rings is 2. The number of carbonyl (C=O) groups is 1. The van der Waals surface area contributed by atoms with Crippen molar-refractivity contribution in [3.8, 4) is 11.5 Å². The topological polar surface area (TPSA) is 54.0 Å². The zero-order valence-corrected chi connectivity index (χ0v) is 18.5. The van der Waals surface area contributed by atoms with E-state index < -0.39 is 0 Å². The van der Waals surface area contributed by atoms with Crippen LogP contribution >= 0.6 is 0 Å². The molecule has 1 unspecified atom stereocenters. The molecule has 2 aromatic rings. The number of nitrogens with one attached hydrogen (secondary N) is 1. The first kappa shape index (κ1) is 21.7. The number of rotatable bonds is 8. The minimum atomic E-state index is -0.221. The molecule has 2 fully saturated rings. The number of carbonyl (C=O) groups excluding carboxylic acids is 1. The number of hydrogen-bond acceptors (Lipinski definition) is 5. The summed E-state index contributed by atoms with van der Waals surface area (Å²) in [5.41, 5.74) is 2.05. The van der Waals surface area contributed by atoms with Crippen LogP contribution < -0.4 is 14.8 Å². The van der Waals surface area contributed by atoms with Crippen LogP contribution in [0.2, 0.25) is 0 Å². The van der Waals surface area contributed by atoms with E-state index in [1.807, 2.05) is 48.5 Å². The summed E-state index contributed by atoms with van der Waals surface area (Å²) in [7, 11) is 3.31. The normalized spacial score (nSPS) is 19.6. The Balaban J connectivity index is 1.43. The second-order valence-electron chi connectivity index (χ2n) is 8.47. The lowest BCUT2D eigenvalue weighted by Crippen LogP contribution is -2.40. The van der Waals surface area contributed by atoms with Crippen molar-refractivity contribution in [2.45, 2.75) is 31.3 Å². The van der Waals surface area contributed by atoms with Crippen molar-refractivity contribution >= 4 is 5.91 Å². The molecule has 0 radical (unpaired) electrons. The van der Waals surface area contributed by atoms with Gasteiger partial charge in [-0.1, -0.05) is 24.3 Å². The molecule has 6 heteroatoms. The molecule has 166 valence electrons. The number of ether oxygens (including phenoxy) is 2. The van der Waals surface area contributed by atoms with Gasteiger partial charge >= 0.3 is 0 Å². The number of amides is 1. The predicted octanol–water partition coefficient (Wildman–Crippen LogP) is 3.08. The molecule has 0 aliphatic carbocycles. The van der Waals surface area contributed by atoms with Crippen molar-refractivity contribution in [1.82, 2.24) is 15.1 Å². The molecule has 0 saturated carbocycles. The Labute approximate surface area is 185 Å². The molecule has 1 N–H and O–H groups in total. The van der Waals surface area contributed by atoms with Gasteiger partial charge in [0.05, 0.1) is 26.8 Å². The summed E-state index contributed by atoms with van der Waals surface area (Å²) in [4.78, 5) is 17.9. The highest BCUT2D eigenvalue weighted by molar-refractivity contribution is 5.79. The Morgan fingerprint density at radius 1 is 0.935 bits per heavy atom. The summed E-state index contributed by atoms with van der Waals surface area (Å²) in [6.45, 7) is 4.84. The SMILES string of the molecule is COc1ccc(C(NC(=O)CN2CCC(N3CCCC3)C2)c2ccc(OC)cc2)cc1. The van der Waals surface area contributed by atoms with Crippen LogP contribution in [-0.4, -0.2) is 68.7 Å². The molecule has 0 spiro atoms. The largest absolute Gasteiger partial charge is 0.497 e. The molecule has 4 rings (SSSR count). The van der Waals surface area contributed by atoms with Crippen molar-refractivity contribution in [1.29, 1.82) is 0 Å². The summed E-state index contributed by atoms with van der Waals surface area (Å²) in [6.07, 6.45) is 3.78. The molecule has 2 aliphatic heterocycles. The van der Waals surface area contributed by atoms with Crippen LogP contribution in [0.15, 0.2) is 48.5 Å². The van der Waals surface area contributed by atoms with Crippen molar-refractivity contribution in [3.05, 3.63) is 59.7 Å². The quantitative estimate of drug-likeness (QED) is 0.707. The third-order valence-corrected chi connectivity index (χ3v) is 6.48. The fourth-order valence-electron chi connectivity index (χ4n) is 4.72. The Kier molecular flexibility index (Phi) is 7.10. The summed E-state index contributed by atoms with van der Waals surface area (Å²) < 4.78 is 10.6. The maximum absolute atomic E-state index is 13.0. The van der Waals surface area contributed by atoms with Gasteiger partial charge in [0.1, 0.15) is 11.5 Å². The zero-order chi connectivity index (χ0) is 21.6. The summed E-state index contributed by atoms with van der Waals surface area (Å²) >= 11 is 0. The van der Waals surface area contributed by atoms with Crippen LogP contribution in [-0.2, 0) is 4.79 Å². The van der Waals surface area contributed by atoms with Crippen molar-refractivity contribution in [2.75, 3.05) is 46.9 Å². The summed E-state index contributed by atoms with van der Waals surface area (Å²) in [5, 5.41) is 3.26. The summed E-state index contributed by atoms with van der Waals surface area (Å²) in [5.74, 6) is 1.65. The van der Waals surface area contributed by atoms with Crippen molar-refractivity contribution < 1.29 is 14.3 Å². The van der Waals surface area contributed by atoms with Crippen LogP contribution in [0.25, 0.3) is 0 Å². The average molecular weight is 424 g/mol. The monoisotopic (exact) mass is 423 g/mol. The molecule has 31 heavy (non-hydrogen) atoms. The van der Waals surface area contributed by atoms with E-state index in [2.05, 4.69) is 15.1 Å². The Bertz CT molecular complexity index is 800. The number of nitrogens with zero attached hydrogens (tertiary/aromatic N) is 2. The fourth-order valence-corrected chi connectivity index (χ4v) is 4.72. The molecule has 1 atom stereocenters. The maximum atomic E-state index is 13.0. The highest BCUT2D eigenvalue weighted by Gasteiger charge is 2.30. The van der Waals surface area contributed by atoms with Crippen LogP contribution in [0.1, 0.15) is 36.4 Å². The van der Waals surface area contributed by atoms with E-state index in [0.29, 0.717) is 12.6 Å². The van der Waals surface area contributed by atoms with Crippen molar-refractivity contribution in [2.24, 2.45) is 0 Å². The van der Waals surface area contributed by atoms with Gasteiger partial charge in [0, 0.05) is 19.1 Å². The van der Waals surface area contributed by atoms with Gasteiger partial charge in [-0.3, -0.25) is 14.6 Å². The first-order valence-electron chi connectivity index (χ1n) is 11.2. The van der Waals surface area contributed by atoms with Crippen LogP contribution in [0.3, 0.4) is 0 Å². The van der Waals surface area contributed by atoms with Gasteiger partial charge in [-0.2, -0.15) is 0 Å². The molecule has 2 saturated heterocycles. The standard InChI is InChI=1S/C25H33N3O3/c1-30-22-9-5-19(6-10-22)25(20-7-11-23(31-2)12-8-20)26-24(29)18-27-16-13-21(17-27)28-14-3-4-15-28/h5-12,21,25H,3-4,13-18H2,1-2H3,(H,26,29). The van der Waals surface area contributed by atoms with E-state index in [4.69, 9.17) is 9.47 Å². The molecule has 2 aliphatic rings. The van der Waals surface area contributed by atoms with Crippen LogP contribution in [0.4, 0.5) is 0 Å². The minimum absolute atomic E-state index is 0.0544. The van der Waals surface area contributed by atoms with E-state index in [9.17, 15) is 4.79 Å². The molecule has 0 aromatic heterocycles. The van der Waals surface area contributed by atoms with E-state index in [-0.39, 0.29) is 11.9 Å². The lowest BCUT2D eigenvalue weighted by atomic mass is 9.98. The third kappa shape index (κ3) is 5.38. The highest BCUT2D eigenvalue weighted by atomic mass is 16.5. The van der Waals surface area contributed by atoms with Crippen LogP contribution in [0, 0.1) is 0 Å². The summed E-state index contributed by atoms with van der Waals surface area (Å²) in [6, 6.07) is 16.1. The predicted molar refractivity (Wildman–Crippen MR) is 122 cm³/mol. The molecule has 0 bridgehead atoms. The van der Waals surface area contributed by atoms with Gasteiger partial charge in [0.15, 0.2) is 0 Å². The third-order valence-electron chi connectivity index (χ3n) is 6.48. The van der Waals surface area contributed by atoms with Gasteiger partial charge in [0.2, 0.25) is 5.91 Å². The lowest BCUT2D eigenvalue weighted by Gasteiger charge is -2.24. The Morgan fingerprint density at radius 2 is 1.48 bits per heavy atom. The van der Waals surface area contributed by atoms with Crippen molar-refractivity contribution in [3.63, 3.8) is 0 Å². The molecule has 2 heterocycles. The average Bonchev–Trinajstić information content (AvgIpc) is 3.50. The Morgan fingerprint density at radius 3 is 2.00 bits per heavy atom. The smallest absolute Gasteiger partial charge is 0.234 e. The lowest BCUT2D eigenvalue weighted by molar-refractivity contribution is -0.122. The highest BCUT2D eigenvalue weighted by Crippen LogP contribution is 2.26. The maximum Gasteiger partial charge on any atom is 0.234 e. The van der Waals surface area contributed by atoms with E-state index in [0.717, 1.165) is 42.1 Å². The van der Waals surface area contributed by atoms with Gasteiger partial charge in [-0.05, 0) is 67.7 Å². The second kappa shape index (κ2) is 10.2. The molecular formula is C25H33N3O3. The van der Waals surface area contributed by atoms with E-state index in [1.54, 1.807) is 14.2 Å². The second-order valence-corrected chi connectivity index (χ2v) is 8.47. The van der Waals surface area contributed by atoms with Gasteiger partial charge < -0.3 is 14.8 Å². The number of likely N-dealkylation sites (tertiary alicyclic amines) is 2. The zero-order valence-electron chi connectivity index (χ0n) is 18.5. The van der Waals surface area contributed by atoms with E-state index >= 15 is 0 Å².